The quantitative estimate of drug-likeness (QED) is 0.679. The number of carbonyl (C=O) groups is 1. The van der Waals surface area contributed by atoms with Gasteiger partial charge in [0.15, 0.2) is 0 Å². The highest BCUT2D eigenvalue weighted by molar-refractivity contribution is 5.74. The van der Waals surface area contributed by atoms with E-state index in [9.17, 15) is 4.79 Å². The van der Waals surface area contributed by atoms with Gasteiger partial charge >= 0.3 is 0 Å². The van der Waals surface area contributed by atoms with Crippen LogP contribution >= 0.6 is 0 Å². The highest BCUT2D eigenvalue weighted by Crippen LogP contribution is 2.60. The molecule has 2 bridgehead atoms. The van der Waals surface area contributed by atoms with E-state index in [1.165, 1.54) is 38.5 Å². The lowest BCUT2D eigenvalue weighted by atomic mass is 9.75. The Morgan fingerprint density at radius 2 is 2.21 bits per heavy atom. The molecule has 78 valence electrons. The Morgan fingerprint density at radius 1 is 1.36 bits per heavy atom. The molecule has 4 atom stereocenters. The zero-order chi connectivity index (χ0) is 9.76. The number of amides is 1. The second-order valence-corrected chi connectivity index (χ2v) is 5.49. The van der Waals surface area contributed by atoms with E-state index in [1.807, 2.05) is 0 Å². The molecule has 14 heavy (non-hydrogen) atoms. The summed E-state index contributed by atoms with van der Waals surface area (Å²) in [5.74, 6) is 2.76. The van der Waals surface area contributed by atoms with E-state index in [1.54, 1.807) is 6.92 Å². The highest BCUT2D eigenvalue weighted by Gasteiger charge is 2.60. The predicted molar refractivity (Wildman–Crippen MR) is 54.7 cm³/mol. The molecule has 0 radical (unpaired) electrons. The molecular weight excluding hydrogens is 174 g/mol. The molecule has 3 aliphatic carbocycles. The van der Waals surface area contributed by atoms with E-state index in [-0.39, 0.29) is 11.4 Å². The first-order chi connectivity index (χ1) is 6.72. The third kappa shape index (κ3) is 0.945. The van der Waals surface area contributed by atoms with Crippen molar-refractivity contribution in [3.05, 3.63) is 0 Å². The van der Waals surface area contributed by atoms with Crippen molar-refractivity contribution in [2.24, 2.45) is 17.8 Å². The van der Waals surface area contributed by atoms with Gasteiger partial charge in [0.2, 0.25) is 5.91 Å². The summed E-state index contributed by atoms with van der Waals surface area (Å²) in [7, 11) is 0. The van der Waals surface area contributed by atoms with Crippen molar-refractivity contribution in [1.29, 1.82) is 0 Å². The second-order valence-electron chi connectivity index (χ2n) is 5.49. The fraction of sp³-hybridized carbons (Fsp3) is 0.917. The lowest BCUT2D eigenvalue weighted by molar-refractivity contribution is -0.122. The number of nitrogens with one attached hydrogen (secondary N) is 1. The average molecular weight is 193 g/mol. The maximum Gasteiger partial charge on any atom is 0.217 e. The SMILES string of the molecule is CC(=O)NC12CCCC1C1CCC2C1. The van der Waals surface area contributed by atoms with Gasteiger partial charge in [-0.25, -0.2) is 0 Å². The Kier molecular flexibility index (Phi) is 1.71. The number of rotatable bonds is 1. The molecule has 3 aliphatic rings. The van der Waals surface area contributed by atoms with E-state index in [2.05, 4.69) is 5.32 Å². The highest BCUT2D eigenvalue weighted by atomic mass is 16.1. The van der Waals surface area contributed by atoms with Crippen molar-refractivity contribution < 1.29 is 4.79 Å². The van der Waals surface area contributed by atoms with Crippen LogP contribution in [0.1, 0.15) is 45.4 Å². The molecule has 0 aromatic rings. The Bertz CT molecular complexity index is 275. The summed E-state index contributed by atoms with van der Waals surface area (Å²) < 4.78 is 0. The van der Waals surface area contributed by atoms with Crippen molar-refractivity contribution >= 4 is 5.91 Å². The molecule has 0 aromatic heterocycles. The normalized spacial score (nSPS) is 49.4. The number of hydrogen-bond donors (Lipinski definition) is 1. The fourth-order valence-electron chi connectivity index (χ4n) is 4.66. The lowest BCUT2D eigenvalue weighted by Gasteiger charge is -2.40. The van der Waals surface area contributed by atoms with E-state index in [0.29, 0.717) is 0 Å². The Balaban J connectivity index is 1.91. The molecule has 2 heteroatoms. The molecule has 0 aliphatic heterocycles. The van der Waals surface area contributed by atoms with Gasteiger partial charge in [-0.05, 0) is 49.9 Å². The monoisotopic (exact) mass is 193 g/mol. The van der Waals surface area contributed by atoms with Gasteiger partial charge in [0, 0.05) is 12.5 Å². The minimum atomic E-state index is 0.185. The summed E-state index contributed by atoms with van der Waals surface area (Å²) in [5, 5.41) is 3.31. The van der Waals surface area contributed by atoms with Crippen molar-refractivity contribution in [1.82, 2.24) is 5.32 Å². The van der Waals surface area contributed by atoms with E-state index in [4.69, 9.17) is 0 Å². The van der Waals surface area contributed by atoms with E-state index in [0.717, 1.165) is 17.8 Å². The summed E-state index contributed by atoms with van der Waals surface area (Å²) in [6.45, 7) is 1.68. The van der Waals surface area contributed by atoms with Crippen LogP contribution in [0, 0.1) is 17.8 Å². The average Bonchev–Trinajstić information content (AvgIpc) is 2.69. The summed E-state index contributed by atoms with van der Waals surface area (Å²) in [6, 6.07) is 0. The van der Waals surface area contributed by atoms with Crippen LogP contribution in [-0.2, 0) is 4.79 Å². The van der Waals surface area contributed by atoms with Crippen LogP contribution in [0.4, 0.5) is 0 Å². The van der Waals surface area contributed by atoms with Gasteiger partial charge in [-0.2, -0.15) is 0 Å². The fourth-order valence-corrected chi connectivity index (χ4v) is 4.66. The number of hydrogen-bond acceptors (Lipinski definition) is 1. The molecule has 0 saturated heterocycles. The van der Waals surface area contributed by atoms with Gasteiger partial charge in [0.1, 0.15) is 0 Å². The first kappa shape index (κ1) is 8.75. The van der Waals surface area contributed by atoms with Crippen molar-refractivity contribution in [3.8, 4) is 0 Å². The predicted octanol–water partition coefficient (Wildman–Crippen LogP) is 2.09. The van der Waals surface area contributed by atoms with Crippen LogP contribution in [0.5, 0.6) is 0 Å². The van der Waals surface area contributed by atoms with Crippen LogP contribution in [0.25, 0.3) is 0 Å². The van der Waals surface area contributed by atoms with E-state index >= 15 is 0 Å². The maximum absolute atomic E-state index is 11.3. The summed E-state index contributed by atoms with van der Waals surface area (Å²) in [5.41, 5.74) is 0.245. The molecule has 1 amide bonds. The van der Waals surface area contributed by atoms with Gasteiger partial charge in [-0.1, -0.05) is 6.42 Å². The van der Waals surface area contributed by atoms with Gasteiger partial charge in [0.05, 0.1) is 0 Å². The van der Waals surface area contributed by atoms with Gasteiger partial charge in [-0.3, -0.25) is 4.79 Å². The minimum Gasteiger partial charge on any atom is -0.350 e. The number of fused-ring (bicyclic) bond motifs is 5. The van der Waals surface area contributed by atoms with E-state index < -0.39 is 0 Å². The molecule has 0 spiro atoms. The standard InChI is InChI=1S/C12H19NO/c1-8(14)13-12-6-2-3-11(12)9-4-5-10(12)7-9/h9-11H,2-7H2,1H3,(H,13,14). The Morgan fingerprint density at radius 3 is 3.00 bits per heavy atom. The van der Waals surface area contributed by atoms with Crippen molar-refractivity contribution in [2.75, 3.05) is 0 Å². The summed E-state index contributed by atoms with van der Waals surface area (Å²) in [6.07, 6.45) is 8.13. The molecule has 2 nitrogen and oxygen atoms in total. The van der Waals surface area contributed by atoms with Crippen LogP contribution < -0.4 is 5.32 Å². The third-order valence-electron chi connectivity index (χ3n) is 4.95. The topological polar surface area (TPSA) is 29.1 Å². The zero-order valence-electron chi connectivity index (χ0n) is 8.88. The van der Waals surface area contributed by atoms with Gasteiger partial charge in [0.25, 0.3) is 0 Å². The molecule has 0 heterocycles. The largest absolute Gasteiger partial charge is 0.350 e. The lowest BCUT2D eigenvalue weighted by Crippen LogP contribution is -2.54. The molecule has 4 unspecified atom stereocenters. The first-order valence-electron chi connectivity index (χ1n) is 6.01. The third-order valence-corrected chi connectivity index (χ3v) is 4.95. The van der Waals surface area contributed by atoms with Gasteiger partial charge in [-0.15, -0.1) is 0 Å². The molecule has 3 fully saturated rings. The van der Waals surface area contributed by atoms with Crippen LogP contribution in [-0.4, -0.2) is 11.4 Å². The summed E-state index contributed by atoms with van der Waals surface area (Å²) in [4.78, 5) is 11.3. The molecule has 3 rings (SSSR count). The Hall–Kier alpha value is -0.530. The molecule has 1 N–H and O–H groups in total. The second kappa shape index (κ2) is 2.74. The van der Waals surface area contributed by atoms with Crippen molar-refractivity contribution in [2.45, 2.75) is 51.0 Å². The van der Waals surface area contributed by atoms with Gasteiger partial charge < -0.3 is 5.32 Å². The molecule has 0 aromatic carbocycles. The molecular formula is C12H19NO. The van der Waals surface area contributed by atoms with Crippen LogP contribution in [0.2, 0.25) is 0 Å². The first-order valence-corrected chi connectivity index (χ1v) is 6.01. The van der Waals surface area contributed by atoms with Crippen molar-refractivity contribution in [3.63, 3.8) is 0 Å². The maximum atomic E-state index is 11.3. The molecule has 3 saturated carbocycles. The minimum absolute atomic E-state index is 0.185. The van der Waals surface area contributed by atoms with Crippen LogP contribution in [0.3, 0.4) is 0 Å². The van der Waals surface area contributed by atoms with Crippen LogP contribution in [0.15, 0.2) is 0 Å². The smallest absolute Gasteiger partial charge is 0.217 e. The number of carbonyl (C=O) groups excluding carboxylic acids is 1. The zero-order valence-corrected chi connectivity index (χ0v) is 8.88. The summed E-state index contributed by atoms with van der Waals surface area (Å²) >= 11 is 0. The Labute approximate surface area is 85.4 Å².